The Morgan fingerprint density at radius 3 is 2.82 bits per heavy atom. The van der Waals surface area contributed by atoms with E-state index in [1.54, 1.807) is 6.20 Å². The fourth-order valence-electron chi connectivity index (χ4n) is 1.56. The molecule has 0 spiro atoms. The normalized spacial score (nSPS) is 10.6. The summed E-state index contributed by atoms with van der Waals surface area (Å²) < 4.78 is 10.9. The van der Waals surface area contributed by atoms with Gasteiger partial charge >= 0.3 is 0 Å². The fourth-order valence-corrected chi connectivity index (χ4v) is 1.67. The van der Waals surface area contributed by atoms with E-state index in [-0.39, 0.29) is 0 Å². The van der Waals surface area contributed by atoms with Crippen molar-refractivity contribution in [1.82, 2.24) is 4.98 Å². The molecule has 0 atom stereocenters. The summed E-state index contributed by atoms with van der Waals surface area (Å²) in [7, 11) is 0. The molecule has 4 heteroatoms. The van der Waals surface area contributed by atoms with Crippen LogP contribution in [-0.4, -0.2) is 30.7 Å². The third-order valence-corrected chi connectivity index (χ3v) is 2.46. The van der Waals surface area contributed by atoms with Gasteiger partial charge in [0.05, 0.1) is 13.2 Å². The summed E-state index contributed by atoms with van der Waals surface area (Å²) in [5.41, 5.74) is 0.882. The third-order valence-electron chi connectivity index (χ3n) is 2.30. The summed E-state index contributed by atoms with van der Waals surface area (Å²) in [6.07, 6.45) is 1.76. The molecule has 2 aromatic rings. The molecule has 0 aliphatic carbocycles. The lowest BCUT2D eigenvalue weighted by Crippen LogP contribution is -2.08. The van der Waals surface area contributed by atoms with Crippen LogP contribution in [0.3, 0.4) is 0 Å². The highest BCUT2D eigenvalue weighted by Crippen LogP contribution is 2.22. The summed E-state index contributed by atoms with van der Waals surface area (Å²) in [4.78, 5) is 4.31. The van der Waals surface area contributed by atoms with E-state index in [4.69, 9.17) is 21.1 Å². The van der Waals surface area contributed by atoms with Crippen molar-refractivity contribution in [2.75, 3.05) is 25.7 Å². The Labute approximate surface area is 105 Å². The first-order chi connectivity index (χ1) is 8.42. The average Bonchev–Trinajstić information content (AvgIpc) is 2.39. The van der Waals surface area contributed by atoms with Crippen molar-refractivity contribution < 1.29 is 9.47 Å². The molecule has 0 saturated carbocycles. The molecule has 3 nitrogen and oxygen atoms in total. The summed E-state index contributed by atoms with van der Waals surface area (Å²) in [5, 5.41) is 1.08. The molecule has 17 heavy (non-hydrogen) atoms. The van der Waals surface area contributed by atoms with Crippen LogP contribution < -0.4 is 4.74 Å². The van der Waals surface area contributed by atoms with Crippen molar-refractivity contribution in [2.24, 2.45) is 0 Å². The number of fused-ring (bicyclic) bond motifs is 1. The SMILES string of the molecule is ClCCOCCOc1cccc2cccnc12. The maximum atomic E-state index is 5.64. The monoisotopic (exact) mass is 251 g/mol. The third kappa shape index (κ3) is 3.32. The number of para-hydroxylation sites is 1. The minimum Gasteiger partial charge on any atom is -0.489 e. The zero-order chi connectivity index (χ0) is 11.9. The molecule has 2 rings (SSSR count). The van der Waals surface area contributed by atoms with E-state index in [2.05, 4.69) is 4.98 Å². The van der Waals surface area contributed by atoms with Gasteiger partial charge in [-0.1, -0.05) is 18.2 Å². The van der Waals surface area contributed by atoms with Crippen molar-refractivity contribution in [2.45, 2.75) is 0 Å². The zero-order valence-corrected chi connectivity index (χ0v) is 10.2. The number of aromatic nitrogens is 1. The second-order valence-electron chi connectivity index (χ2n) is 3.48. The number of ether oxygens (including phenoxy) is 2. The van der Waals surface area contributed by atoms with Crippen LogP contribution >= 0.6 is 11.6 Å². The minimum absolute atomic E-state index is 0.507. The lowest BCUT2D eigenvalue weighted by Gasteiger charge is -2.08. The average molecular weight is 252 g/mol. The maximum absolute atomic E-state index is 5.64. The zero-order valence-electron chi connectivity index (χ0n) is 9.43. The van der Waals surface area contributed by atoms with Crippen molar-refractivity contribution in [1.29, 1.82) is 0 Å². The van der Waals surface area contributed by atoms with Crippen LogP contribution in [0.2, 0.25) is 0 Å². The van der Waals surface area contributed by atoms with Crippen molar-refractivity contribution >= 4 is 22.5 Å². The van der Waals surface area contributed by atoms with E-state index in [0.717, 1.165) is 16.7 Å². The molecule has 1 aromatic carbocycles. The Morgan fingerprint density at radius 1 is 1.06 bits per heavy atom. The summed E-state index contributed by atoms with van der Waals surface area (Å²) >= 11 is 5.50. The predicted octanol–water partition coefficient (Wildman–Crippen LogP) is 2.87. The Bertz CT molecular complexity index is 470. The van der Waals surface area contributed by atoms with E-state index in [1.165, 1.54) is 0 Å². The van der Waals surface area contributed by atoms with E-state index in [9.17, 15) is 0 Å². The Kier molecular flexibility index (Phi) is 4.59. The molecule has 0 aliphatic heterocycles. The van der Waals surface area contributed by atoms with Gasteiger partial charge in [-0.05, 0) is 12.1 Å². The van der Waals surface area contributed by atoms with Crippen LogP contribution in [0.4, 0.5) is 0 Å². The van der Waals surface area contributed by atoms with Crippen molar-refractivity contribution in [3.05, 3.63) is 36.5 Å². The Morgan fingerprint density at radius 2 is 1.94 bits per heavy atom. The molecule has 1 heterocycles. The van der Waals surface area contributed by atoms with Gasteiger partial charge in [-0.2, -0.15) is 0 Å². The highest BCUT2D eigenvalue weighted by Gasteiger charge is 2.01. The molecule has 0 fully saturated rings. The quantitative estimate of drug-likeness (QED) is 0.584. The number of nitrogens with zero attached hydrogens (tertiary/aromatic N) is 1. The lowest BCUT2D eigenvalue weighted by atomic mass is 10.2. The van der Waals surface area contributed by atoms with Gasteiger partial charge in [-0.25, -0.2) is 0 Å². The minimum atomic E-state index is 0.507. The first-order valence-corrected chi connectivity index (χ1v) is 6.05. The molecular weight excluding hydrogens is 238 g/mol. The number of halogens is 1. The van der Waals surface area contributed by atoms with Gasteiger partial charge in [-0.15, -0.1) is 11.6 Å². The number of alkyl halides is 1. The van der Waals surface area contributed by atoms with Gasteiger partial charge < -0.3 is 9.47 Å². The van der Waals surface area contributed by atoms with Gasteiger partial charge in [0.2, 0.25) is 0 Å². The van der Waals surface area contributed by atoms with Crippen LogP contribution in [0.1, 0.15) is 0 Å². The van der Waals surface area contributed by atoms with Crippen LogP contribution in [-0.2, 0) is 4.74 Å². The van der Waals surface area contributed by atoms with Crippen molar-refractivity contribution in [3.8, 4) is 5.75 Å². The van der Waals surface area contributed by atoms with E-state index >= 15 is 0 Å². The molecule has 0 amide bonds. The molecular formula is C13H14ClNO2. The molecule has 0 N–H and O–H groups in total. The molecule has 0 radical (unpaired) electrons. The van der Waals surface area contributed by atoms with Crippen LogP contribution in [0, 0.1) is 0 Å². The van der Waals surface area contributed by atoms with Gasteiger partial charge in [0.15, 0.2) is 0 Å². The topological polar surface area (TPSA) is 31.4 Å². The van der Waals surface area contributed by atoms with Crippen LogP contribution in [0.15, 0.2) is 36.5 Å². The molecule has 0 aliphatic rings. The Balaban J connectivity index is 1.98. The second kappa shape index (κ2) is 6.42. The largest absolute Gasteiger partial charge is 0.489 e. The first kappa shape index (κ1) is 12.1. The van der Waals surface area contributed by atoms with Gasteiger partial charge in [0.25, 0.3) is 0 Å². The lowest BCUT2D eigenvalue weighted by molar-refractivity contribution is 0.112. The number of hydrogen-bond donors (Lipinski definition) is 0. The second-order valence-corrected chi connectivity index (χ2v) is 3.86. The van der Waals surface area contributed by atoms with Gasteiger partial charge in [0, 0.05) is 17.5 Å². The van der Waals surface area contributed by atoms with E-state index in [0.29, 0.717) is 25.7 Å². The smallest absolute Gasteiger partial charge is 0.145 e. The molecule has 0 saturated heterocycles. The molecule has 1 aromatic heterocycles. The maximum Gasteiger partial charge on any atom is 0.145 e. The molecule has 90 valence electrons. The van der Waals surface area contributed by atoms with Gasteiger partial charge in [0.1, 0.15) is 17.9 Å². The number of pyridine rings is 1. The van der Waals surface area contributed by atoms with E-state index in [1.807, 2.05) is 30.3 Å². The highest BCUT2D eigenvalue weighted by atomic mass is 35.5. The molecule has 0 bridgehead atoms. The highest BCUT2D eigenvalue weighted by molar-refractivity contribution is 6.17. The number of rotatable bonds is 6. The summed E-state index contributed by atoms with van der Waals surface area (Å²) in [6, 6.07) is 9.81. The van der Waals surface area contributed by atoms with E-state index < -0.39 is 0 Å². The fraction of sp³-hybridized carbons (Fsp3) is 0.308. The number of benzene rings is 1. The van der Waals surface area contributed by atoms with Crippen LogP contribution in [0.25, 0.3) is 10.9 Å². The standard InChI is InChI=1S/C13H14ClNO2/c14-6-8-16-9-10-17-12-5-1-3-11-4-2-7-15-13(11)12/h1-5,7H,6,8-10H2. The molecule has 0 unspecified atom stereocenters. The van der Waals surface area contributed by atoms with Crippen LogP contribution in [0.5, 0.6) is 5.75 Å². The van der Waals surface area contributed by atoms with Crippen molar-refractivity contribution in [3.63, 3.8) is 0 Å². The summed E-state index contributed by atoms with van der Waals surface area (Å²) in [5.74, 6) is 1.30. The first-order valence-electron chi connectivity index (χ1n) is 5.52. The van der Waals surface area contributed by atoms with Gasteiger partial charge in [-0.3, -0.25) is 4.98 Å². The number of hydrogen-bond acceptors (Lipinski definition) is 3. The summed E-state index contributed by atoms with van der Waals surface area (Å²) in [6.45, 7) is 1.60. The Hall–Kier alpha value is -1.32. The predicted molar refractivity (Wildman–Crippen MR) is 68.8 cm³/mol.